The van der Waals surface area contributed by atoms with Gasteiger partial charge in [-0.05, 0) is 6.42 Å². The van der Waals surface area contributed by atoms with Crippen LogP contribution >= 0.6 is 0 Å². The van der Waals surface area contributed by atoms with Gasteiger partial charge >= 0.3 is 10.4 Å². The second-order valence-electron chi connectivity index (χ2n) is 3.02. The molecule has 0 aliphatic heterocycles. The van der Waals surface area contributed by atoms with Gasteiger partial charge in [0.05, 0.1) is 6.61 Å². The predicted octanol–water partition coefficient (Wildman–Crippen LogP) is 1.34. The smallest absolute Gasteiger partial charge is 0.397 e. The average molecular weight is 228 g/mol. The molecule has 0 fully saturated rings. The largest absolute Gasteiger partial charge is 0.412 e. The summed E-state index contributed by atoms with van der Waals surface area (Å²) in [7, 11) is -4.22. The van der Waals surface area contributed by atoms with E-state index in [1.165, 1.54) is 19.3 Å². The maximum Gasteiger partial charge on any atom is 0.397 e. The Morgan fingerprint density at radius 2 is 1.57 bits per heavy atom. The molecule has 0 rings (SSSR count). The number of rotatable bonds is 8. The van der Waals surface area contributed by atoms with Gasteiger partial charge in [0.2, 0.25) is 0 Å². The van der Waals surface area contributed by atoms with Crippen molar-refractivity contribution in [2.45, 2.75) is 45.4 Å². The van der Waals surface area contributed by atoms with E-state index in [0.717, 1.165) is 12.8 Å². The zero-order chi connectivity index (χ0) is 10.2. The Morgan fingerprint density at radius 1 is 1.07 bits per heavy atom. The van der Waals surface area contributed by atoms with Crippen molar-refractivity contribution in [1.82, 2.24) is 0 Å². The second-order valence-corrected chi connectivity index (χ2v) is 4.11. The van der Waals surface area contributed by atoms with Crippen LogP contribution in [0.1, 0.15) is 45.4 Å². The van der Waals surface area contributed by atoms with E-state index in [2.05, 4.69) is 11.1 Å². The van der Waals surface area contributed by atoms with Crippen molar-refractivity contribution in [2.75, 3.05) is 6.61 Å². The summed E-state index contributed by atoms with van der Waals surface area (Å²) in [5, 5.41) is 0. The monoisotopic (exact) mass is 228 g/mol. The molecule has 0 heterocycles. The van der Waals surface area contributed by atoms with Gasteiger partial charge in [-0.1, -0.05) is 39.0 Å². The first-order valence-corrected chi connectivity index (χ1v) is 6.04. The molecule has 0 aromatic rings. The molecule has 0 aliphatic rings. The normalized spacial score (nSPS) is 11.0. The maximum atomic E-state index is 10.1. The highest BCUT2D eigenvalue weighted by atomic mass is 32.3. The third-order valence-electron chi connectivity index (χ3n) is 1.73. The highest BCUT2D eigenvalue weighted by Crippen LogP contribution is 2.05. The fraction of sp³-hybridized carbons (Fsp3) is 1.00. The summed E-state index contributed by atoms with van der Waals surface area (Å²) in [6.45, 7) is 2.23. The van der Waals surface area contributed by atoms with Crippen molar-refractivity contribution < 1.29 is 22.6 Å². The van der Waals surface area contributed by atoms with Gasteiger partial charge in [-0.15, -0.1) is 0 Å². The second kappa shape index (κ2) is 9.39. The molecule has 0 saturated carbocycles. The fourth-order valence-electron chi connectivity index (χ4n) is 1.05. The molecular weight excluding hydrogens is 208 g/mol. The molecule has 88 valence electrons. The Hall–Kier alpha value is -0.170. The molecular formula is C8H20O5S. The van der Waals surface area contributed by atoms with Crippen LogP contribution in [0.2, 0.25) is 0 Å². The molecule has 5 nitrogen and oxygen atoms in total. The molecule has 0 unspecified atom stereocenters. The van der Waals surface area contributed by atoms with Crippen LogP contribution in [-0.4, -0.2) is 25.1 Å². The lowest BCUT2D eigenvalue weighted by atomic mass is 10.1. The number of hydrogen-bond acceptors (Lipinski definition) is 3. The van der Waals surface area contributed by atoms with Gasteiger partial charge in [0.1, 0.15) is 0 Å². The van der Waals surface area contributed by atoms with Gasteiger partial charge in [0.25, 0.3) is 0 Å². The van der Waals surface area contributed by atoms with Crippen molar-refractivity contribution in [3.63, 3.8) is 0 Å². The third kappa shape index (κ3) is 14.4. The van der Waals surface area contributed by atoms with E-state index in [-0.39, 0.29) is 12.1 Å². The van der Waals surface area contributed by atoms with Crippen LogP contribution in [0.3, 0.4) is 0 Å². The van der Waals surface area contributed by atoms with Crippen molar-refractivity contribution in [1.29, 1.82) is 0 Å². The van der Waals surface area contributed by atoms with Gasteiger partial charge in [-0.3, -0.25) is 4.55 Å². The Bertz CT molecular complexity index is 200. The Kier molecular flexibility index (Phi) is 10.9. The van der Waals surface area contributed by atoms with Crippen molar-refractivity contribution >= 4 is 10.4 Å². The molecule has 0 aliphatic carbocycles. The summed E-state index contributed by atoms with van der Waals surface area (Å²) in [5.74, 6) is 0. The average Bonchev–Trinajstić information content (AvgIpc) is 2.01. The van der Waals surface area contributed by atoms with E-state index < -0.39 is 10.4 Å². The van der Waals surface area contributed by atoms with Crippen LogP contribution in [0.4, 0.5) is 0 Å². The van der Waals surface area contributed by atoms with E-state index in [4.69, 9.17) is 4.55 Å². The van der Waals surface area contributed by atoms with Crippen LogP contribution in [-0.2, 0) is 14.6 Å². The number of unbranched alkanes of at least 4 members (excludes halogenated alkanes) is 5. The first-order valence-electron chi connectivity index (χ1n) is 4.68. The molecule has 0 aromatic heterocycles. The molecule has 14 heavy (non-hydrogen) atoms. The van der Waals surface area contributed by atoms with Crippen LogP contribution < -0.4 is 0 Å². The predicted molar refractivity (Wildman–Crippen MR) is 54.5 cm³/mol. The summed E-state index contributed by atoms with van der Waals surface area (Å²) in [5.41, 5.74) is 0. The summed E-state index contributed by atoms with van der Waals surface area (Å²) in [6.07, 6.45) is 6.34. The Balaban J connectivity index is 0. The Morgan fingerprint density at radius 3 is 2.07 bits per heavy atom. The summed E-state index contributed by atoms with van der Waals surface area (Å²) in [4.78, 5) is 0. The van der Waals surface area contributed by atoms with Crippen molar-refractivity contribution in [3.8, 4) is 0 Å². The summed E-state index contributed by atoms with van der Waals surface area (Å²) < 4.78 is 32.6. The molecule has 0 spiro atoms. The van der Waals surface area contributed by atoms with E-state index in [9.17, 15) is 8.42 Å². The standard InChI is InChI=1S/C8H18O4S.H2O/c1-2-3-4-5-6-7-8-12-13(9,10)11;/h2-8H2,1H3,(H,9,10,11);1H2. The molecule has 0 atom stereocenters. The van der Waals surface area contributed by atoms with Crippen LogP contribution in [0.25, 0.3) is 0 Å². The topological polar surface area (TPSA) is 95.1 Å². The molecule has 0 bridgehead atoms. The summed E-state index contributed by atoms with van der Waals surface area (Å²) >= 11 is 0. The first kappa shape index (κ1) is 16.3. The fourth-order valence-corrected chi connectivity index (χ4v) is 1.38. The van der Waals surface area contributed by atoms with Gasteiger partial charge < -0.3 is 5.48 Å². The lowest BCUT2D eigenvalue weighted by Gasteiger charge is -2.00. The molecule has 0 aromatic carbocycles. The minimum absolute atomic E-state index is 0. The third-order valence-corrected chi connectivity index (χ3v) is 2.19. The maximum absolute atomic E-state index is 10.1. The molecule has 0 amide bonds. The molecule has 3 N–H and O–H groups in total. The number of hydrogen-bond donors (Lipinski definition) is 1. The van der Waals surface area contributed by atoms with Crippen molar-refractivity contribution in [3.05, 3.63) is 0 Å². The Labute approximate surface area is 85.7 Å². The zero-order valence-corrected chi connectivity index (χ0v) is 9.35. The van der Waals surface area contributed by atoms with E-state index in [0.29, 0.717) is 6.42 Å². The SMILES string of the molecule is CCCCCCCCOS(=O)(=O)O.O. The van der Waals surface area contributed by atoms with Gasteiger partial charge in [0.15, 0.2) is 0 Å². The first-order chi connectivity index (χ1) is 6.06. The highest BCUT2D eigenvalue weighted by molar-refractivity contribution is 7.80. The lowest BCUT2D eigenvalue weighted by Crippen LogP contribution is -2.04. The zero-order valence-electron chi connectivity index (χ0n) is 8.53. The van der Waals surface area contributed by atoms with Gasteiger partial charge in [-0.25, -0.2) is 4.18 Å². The van der Waals surface area contributed by atoms with Crippen LogP contribution in [0.15, 0.2) is 0 Å². The van der Waals surface area contributed by atoms with Crippen molar-refractivity contribution in [2.24, 2.45) is 0 Å². The van der Waals surface area contributed by atoms with E-state index in [1.54, 1.807) is 0 Å². The van der Waals surface area contributed by atoms with Crippen LogP contribution in [0, 0.1) is 0 Å². The highest BCUT2D eigenvalue weighted by Gasteiger charge is 2.02. The molecule has 0 saturated heterocycles. The van der Waals surface area contributed by atoms with Gasteiger partial charge in [-0.2, -0.15) is 8.42 Å². The molecule has 6 heteroatoms. The van der Waals surface area contributed by atoms with E-state index >= 15 is 0 Å². The van der Waals surface area contributed by atoms with E-state index in [1.807, 2.05) is 0 Å². The van der Waals surface area contributed by atoms with Gasteiger partial charge in [0, 0.05) is 0 Å². The minimum Gasteiger partial charge on any atom is -0.412 e. The summed E-state index contributed by atoms with van der Waals surface area (Å²) in [6, 6.07) is 0. The minimum atomic E-state index is -4.22. The van der Waals surface area contributed by atoms with Crippen LogP contribution in [0.5, 0.6) is 0 Å². The quantitative estimate of drug-likeness (QED) is 0.501. The molecule has 0 radical (unpaired) electrons. The lowest BCUT2D eigenvalue weighted by molar-refractivity contribution is 0.261.